The van der Waals surface area contributed by atoms with Crippen LogP contribution in [-0.2, 0) is 0 Å². The van der Waals surface area contributed by atoms with Gasteiger partial charge in [-0.15, -0.1) is 0 Å². The Bertz CT molecular complexity index is 1120. The molecule has 0 unspecified atom stereocenters. The third-order valence-corrected chi connectivity index (χ3v) is 3.97. The fourth-order valence-corrected chi connectivity index (χ4v) is 2.72. The Morgan fingerprint density at radius 1 is 1.19 bits per heavy atom. The van der Waals surface area contributed by atoms with Crippen LogP contribution in [0.15, 0.2) is 59.3 Å². The molecule has 1 aromatic carbocycles. The van der Waals surface area contributed by atoms with E-state index in [-0.39, 0.29) is 22.8 Å². The minimum Gasteiger partial charge on any atom is -0.459 e. The van der Waals surface area contributed by atoms with Crippen LogP contribution in [0.2, 0.25) is 0 Å². The minimum absolute atomic E-state index is 0.0407. The van der Waals surface area contributed by atoms with E-state index in [0.29, 0.717) is 5.65 Å². The van der Waals surface area contributed by atoms with Gasteiger partial charge in [0.25, 0.3) is 5.91 Å². The maximum atomic E-state index is 14.3. The first kappa shape index (κ1) is 16.0. The molecule has 0 atom stereocenters. The molecule has 3 heterocycles. The zero-order valence-electron chi connectivity index (χ0n) is 13.7. The summed E-state index contributed by atoms with van der Waals surface area (Å²) in [5, 5.41) is 2.68. The third-order valence-electron chi connectivity index (χ3n) is 3.97. The van der Waals surface area contributed by atoms with Crippen molar-refractivity contribution in [3.63, 3.8) is 0 Å². The summed E-state index contributed by atoms with van der Waals surface area (Å²) in [6, 6.07) is 10.5. The number of amides is 1. The van der Waals surface area contributed by atoms with Crippen LogP contribution in [0.3, 0.4) is 0 Å². The zero-order valence-corrected chi connectivity index (χ0v) is 13.7. The van der Waals surface area contributed by atoms with Gasteiger partial charge in [-0.1, -0.05) is 6.07 Å². The van der Waals surface area contributed by atoms with Crippen LogP contribution < -0.4 is 5.32 Å². The lowest BCUT2D eigenvalue weighted by Gasteiger charge is -2.07. The van der Waals surface area contributed by atoms with Crippen LogP contribution in [-0.4, -0.2) is 15.3 Å². The number of imidazole rings is 1. The Morgan fingerprint density at radius 3 is 2.81 bits per heavy atom. The third kappa shape index (κ3) is 2.63. The molecule has 4 aromatic rings. The first-order valence-electron chi connectivity index (χ1n) is 7.82. The van der Waals surface area contributed by atoms with Crippen molar-refractivity contribution in [1.29, 1.82) is 0 Å². The van der Waals surface area contributed by atoms with Gasteiger partial charge in [-0.25, -0.2) is 13.8 Å². The van der Waals surface area contributed by atoms with Crippen LogP contribution in [0.25, 0.3) is 16.9 Å². The molecule has 0 saturated carbocycles. The molecule has 130 valence electrons. The van der Waals surface area contributed by atoms with Crippen molar-refractivity contribution in [1.82, 2.24) is 9.38 Å². The molecule has 0 aliphatic carbocycles. The molecule has 0 bridgehead atoms. The highest BCUT2D eigenvalue weighted by Gasteiger charge is 2.21. The number of nitrogens with one attached hydrogen (secondary N) is 1. The number of furan rings is 1. The molecule has 4 rings (SSSR count). The fraction of sp³-hybridized carbons (Fsp3) is 0.0526. The van der Waals surface area contributed by atoms with E-state index >= 15 is 0 Å². The van der Waals surface area contributed by atoms with E-state index in [9.17, 15) is 13.6 Å². The molecule has 3 aromatic heterocycles. The Morgan fingerprint density at radius 2 is 2.04 bits per heavy atom. The number of rotatable bonds is 3. The van der Waals surface area contributed by atoms with E-state index in [1.165, 1.54) is 24.5 Å². The quantitative estimate of drug-likeness (QED) is 0.593. The largest absolute Gasteiger partial charge is 0.459 e. The van der Waals surface area contributed by atoms with Gasteiger partial charge >= 0.3 is 0 Å². The van der Waals surface area contributed by atoms with E-state index in [0.717, 1.165) is 11.6 Å². The normalized spacial score (nSPS) is 11.0. The average molecular weight is 353 g/mol. The SMILES string of the molecule is Cc1ccn2c(NC(=O)c3ccco3)c(-c3cccc(F)c3F)nc2c1. The lowest BCUT2D eigenvalue weighted by molar-refractivity contribution is 0.0996. The molecular weight excluding hydrogens is 340 g/mol. The summed E-state index contributed by atoms with van der Waals surface area (Å²) in [5.74, 6) is -2.21. The summed E-state index contributed by atoms with van der Waals surface area (Å²) in [7, 11) is 0. The molecule has 0 aliphatic rings. The average Bonchev–Trinajstić information content (AvgIpc) is 3.26. The molecule has 0 spiro atoms. The van der Waals surface area contributed by atoms with Gasteiger partial charge in [0.2, 0.25) is 0 Å². The number of carbonyl (C=O) groups excluding carboxylic acids is 1. The summed E-state index contributed by atoms with van der Waals surface area (Å²) in [5.41, 5.74) is 1.53. The van der Waals surface area contributed by atoms with Crippen LogP contribution in [0.5, 0.6) is 0 Å². The molecular formula is C19H13F2N3O2. The number of hydrogen-bond donors (Lipinski definition) is 1. The van der Waals surface area contributed by atoms with Gasteiger partial charge in [0.05, 0.1) is 6.26 Å². The van der Waals surface area contributed by atoms with Gasteiger partial charge in [-0.3, -0.25) is 9.20 Å². The van der Waals surface area contributed by atoms with E-state index in [1.807, 2.05) is 13.0 Å². The summed E-state index contributed by atoms with van der Waals surface area (Å²) in [6.07, 6.45) is 3.08. The van der Waals surface area contributed by atoms with Crippen molar-refractivity contribution in [2.24, 2.45) is 0 Å². The van der Waals surface area contributed by atoms with Crippen LogP contribution >= 0.6 is 0 Å². The number of aryl methyl sites for hydroxylation is 1. The Balaban J connectivity index is 1.91. The zero-order chi connectivity index (χ0) is 18.3. The maximum absolute atomic E-state index is 14.3. The number of pyridine rings is 1. The molecule has 0 radical (unpaired) electrons. The fourth-order valence-electron chi connectivity index (χ4n) is 2.72. The molecule has 7 heteroatoms. The number of aromatic nitrogens is 2. The number of anilines is 1. The predicted molar refractivity (Wildman–Crippen MR) is 91.9 cm³/mol. The second kappa shape index (κ2) is 6.11. The number of hydrogen-bond acceptors (Lipinski definition) is 3. The van der Waals surface area contributed by atoms with Gasteiger partial charge < -0.3 is 9.73 Å². The lowest BCUT2D eigenvalue weighted by Crippen LogP contribution is -2.13. The van der Waals surface area contributed by atoms with Crippen LogP contribution in [0.1, 0.15) is 16.1 Å². The number of carbonyl (C=O) groups is 1. The standard InChI is InChI=1S/C19H13F2N3O2/c1-11-7-8-24-15(10-11)22-17(12-4-2-5-13(20)16(12)21)18(24)23-19(25)14-6-3-9-26-14/h2-10H,1H3,(H,23,25). The van der Waals surface area contributed by atoms with E-state index in [2.05, 4.69) is 10.3 Å². The van der Waals surface area contributed by atoms with Crippen molar-refractivity contribution in [2.45, 2.75) is 6.92 Å². The van der Waals surface area contributed by atoms with Crippen LogP contribution in [0, 0.1) is 18.6 Å². The highest BCUT2D eigenvalue weighted by molar-refractivity contribution is 6.04. The topological polar surface area (TPSA) is 59.5 Å². The smallest absolute Gasteiger partial charge is 0.292 e. The van der Waals surface area contributed by atoms with E-state index in [4.69, 9.17) is 4.42 Å². The highest BCUT2D eigenvalue weighted by atomic mass is 19.2. The van der Waals surface area contributed by atoms with Crippen molar-refractivity contribution in [3.8, 4) is 11.3 Å². The predicted octanol–water partition coefficient (Wildman–Crippen LogP) is 4.43. The summed E-state index contributed by atoms with van der Waals surface area (Å²) in [6.45, 7) is 1.89. The highest BCUT2D eigenvalue weighted by Crippen LogP contribution is 2.32. The Labute approximate surface area is 146 Å². The second-order valence-electron chi connectivity index (χ2n) is 5.77. The number of fused-ring (bicyclic) bond motifs is 1. The van der Waals surface area contributed by atoms with Gasteiger partial charge in [0.15, 0.2) is 17.4 Å². The number of benzene rings is 1. The van der Waals surface area contributed by atoms with Gasteiger partial charge in [0.1, 0.15) is 17.2 Å². The summed E-state index contributed by atoms with van der Waals surface area (Å²) < 4.78 is 34.7. The van der Waals surface area contributed by atoms with E-state index in [1.54, 1.807) is 22.7 Å². The molecule has 0 saturated heterocycles. The lowest BCUT2D eigenvalue weighted by atomic mass is 10.1. The Hall–Kier alpha value is -3.48. The summed E-state index contributed by atoms with van der Waals surface area (Å²) in [4.78, 5) is 16.8. The molecule has 0 aliphatic heterocycles. The van der Waals surface area contributed by atoms with Gasteiger partial charge in [-0.2, -0.15) is 0 Å². The van der Waals surface area contributed by atoms with Crippen molar-refractivity contribution in [3.05, 3.63) is 77.9 Å². The van der Waals surface area contributed by atoms with Crippen molar-refractivity contribution >= 4 is 17.4 Å². The Kier molecular flexibility index (Phi) is 3.76. The maximum Gasteiger partial charge on any atom is 0.292 e. The van der Waals surface area contributed by atoms with Crippen molar-refractivity contribution in [2.75, 3.05) is 5.32 Å². The first-order chi connectivity index (χ1) is 12.5. The molecule has 1 N–H and O–H groups in total. The van der Waals surface area contributed by atoms with Crippen molar-refractivity contribution < 1.29 is 18.0 Å². The molecule has 0 fully saturated rings. The number of halogens is 2. The van der Waals surface area contributed by atoms with Gasteiger partial charge in [0, 0.05) is 11.8 Å². The molecule has 5 nitrogen and oxygen atoms in total. The molecule has 26 heavy (non-hydrogen) atoms. The minimum atomic E-state index is -1.03. The monoisotopic (exact) mass is 353 g/mol. The number of nitrogens with zero attached hydrogens (tertiary/aromatic N) is 2. The van der Waals surface area contributed by atoms with Gasteiger partial charge in [-0.05, 0) is 48.9 Å². The van der Waals surface area contributed by atoms with E-state index < -0.39 is 17.5 Å². The molecule has 1 amide bonds. The first-order valence-corrected chi connectivity index (χ1v) is 7.82. The van der Waals surface area contributed by atoms with Crippen LogP contribution in [0.4, 0.5) is 14.6 Å². The summed E-state index contributed by atoms with van der Waals surface area (Å²) >= 11 is 0. The second-order valence-corrected chi connectivity index (χ2v) is 5.77.